The third-order valence-electron chi connectivity index (χ3n) is 5.15. The van der Waals surface area contributed by atoms with E-state index in [1.807, 2.05) is 18.2 Å². The Hall–Kier alpha value is -2.70. The van der Waals surface area contributed by atoms with Gasteiger partial charge < -0.3 is 0 Å². The summed E-state index contributed by atoms with van der Waals surface area (Å²) in [6.45, 7) is 1.53. The molecule has 0 saturated heterocycles. The highest BCUT2D eigenvalue weighted by atomic mass is 19.4. The van der Waals surface area contributed by atoms with E-state index in [0.717, 1.165) is 30.7 Å². The van der Waals surface area contributed by atoms with Crippen molar-refractivity contribution >= 4 is 11.0 Å². The molecule has 3 heterocycles. The highest BCUT2D eigenvalue weighted by molar-refractivity contribution is 5.76. The maximum Gasteiger partial charge on any atom is 0.418 e. The van der Waals surface area contributed by atoms with Crippen molar-refractivity contribution in [3.05, 3.63) is 69.4 Å². The van der Waals surface area contributed by atoms with Crippen LogP contribution < -0.4 is 5.56 Å². The summed E-state index contributed by atoms with van der Waals surface area (Å²) in [5, 5.41) is 0.756. The molecule has 140 valence electrons. The van der Waals surface area contributed by atoms with E-state index in [2.05, 4.69) is 9.97 Å². The first-order chi connectivity index (χ1) is 12.8. The van der Waals surface area contributed by atoms with Crippen molar-refractivity contribution in [1.29, 1.82) is 0 Å². The van der Waals surface area contributed by atoms with Gasteiger partial charge in [-0.25, -0.2) is 4.98 Å². The van der Waals surface area contributed by atoms with Crippen LogP contribution in [0.1, 0.15) is 47.7 Å². The highest BCUT2D eigenvalue weighted by Gasteiger charge is 2.34. The van der Waals surface area contributed by atoms with Crippen LogP contribution in [0.3, 0.4) is 0 Å². The number of aryl methyl sites for hydroxylation is 1. The van der Waals surface area contributed by atoms with Crippen LogP contribution in [0.5, 0.6) is 0 Å². The molecule has 4 nitrogen and oxygen atoms in total. The van der Waals surface area contributed by atoms with Gasteiger partial charge in [0, 0.05) is 22.8 Å². The van der Waals surface area contributed by atoms with Gasteiger partial charge in [0.2, 0.25) is 0 Å². The molecule has 27 heavy (non-hydrogen) atoms. The van der Waals surface area contributed by atoms with E-state index in [9.17, 15) is 18.0 Å². The Labute approximate surface area is 153 Å². The molecule has 1 aliphatic carbocycles. The van der Waals surface area contributed by atoms with Gasteiger partial charge >= 0.3 is 6.18 Å². The number of pyridine rings is 3. The maximum atomic E-state index is 13.4. The molecular weight excluding hydrogens is 355 g/mol. The summed E-state index contributed by atoms with van der Waals surface area (Å²) >= 11 is 0. The Morgan fingerprint density at radius 3 is 2.67 bits per heavy atom. The largest absolute Gasteiger partial charge is 0.418 e. The molecule has 1 aliphatic rings. The number of rotatable bonds is 3. The molecule has 0 bridgehead atoms. The summed E-state index contributed by atoms with van der Waals surface area (Å²) in [4.78, 5) is 21.4. The van der Waals surface area contributed by atoms with Gasteiger partial charge in [0.05, 0.1) is 17.8 Å². The minimum Gasteiger partial charge on any atom is -0.286 e. The van der Waals surface area contributed by atoms with Crippen LogP contribution in [-0.2, 0) is 12.7 Å². The van der Waals surface area contributed by atoms with Gasteiger partial charge in [-0.15, -0.1) is 0 Å². The second-order valence-corrected chi connectivity index (χ2v) is 6.98. The Kier molecular flexibility index (Phi) is 4.25. The third-order valence-corrected chi connectivity index (χ3v) is 5.15. The second-order valence-electron chi connectivity index (χ2n) is 6.98. The Balaban J connectivity index is 1.92. The van der Waals surface area contributed by atoms with Crippen LogP contribution in [0.15, 0.2) is 41.3 Å². The molecule has 3 aromatic rings. The molecule has 0 radical (unpaired) electrons. The van der Waals surface area contributed by atoms with E-state index in [4.69, 9.17) is 0 Å². The second kappa shape index (κ2) is 6.48. The van der Waals surface area contributed by atoms with Gasteiger partial charge in [-0.1, -0.05) is 6.42 Å². The summed E-state index contributed by atoms with van der Waals surface area (Å²) in [7, 11) is 0. The van der Waals surface area contributed by atoms with Crippen LogP contribution >= 0.6 is 0 Å². The Morgan fingerprint density at radius 1 is 1.22 bits per heavy atom. The average molecular weight is 373 g/mol. The van der Waals surface area contributed by atoms with Crippen molar-refractivity contribution in [1.82, 2.24) is 14.5 Å². The lowest BCUT2D eigenvalue weighted by molar-refractivity contribution is -0.138. The molecule has 3 aromatic heterocycles. The molecule has 0 spiro atoms. The standard InChI is InChI=1S/C20H18F3N3O/c1-12-7-8-14-10-15(13-4-2-5-13)19(27)26(18(14)25-12)11-17-16(20(21,22)23)6-3-9-24-17/h3,6-10,13H,2,4-5,11H2,1H3. The quantitative estimate of drug-likeness (QED) is 0.682. The fourth-order valence-electron chi connectivity index (χ4n) is 3.49. The van der Waals surface area contributed by atoms with Crippen molar-refractivity contribution < 1.29 is 13.2 Å². The number of fused-ring (bicyclic) bond motifs is 1. The summed E-state index contributed by atoms with van der Waals surface area (Å²) in [5.41, 5.74) is 0.466. The molecule has 0 aliphatic heterocycles. The zero-order valence-corrected chi connectivity index (χ0v) is 14.8. The smallest absolute Gasteiger partial charge is 0.286 e. The number of aromatic nitrogens is 3. The molecule has 0 N–H and O–H groups in total. The van der Waals surface area contributed by atoms with Crippen molar-refractivity contribution in [2.75, 3.05) is 0 Å². The summed E-state index contributed by atoms with van der Waals surface area (Å²) in [5.74, 6) is 0.167. The van der Waals surface area contributed by atoms with Crippen molar-refractivity contribution in [2.24, 2.45) is 0 Å². The molecule has 1 fully saturated rings. The van der Waals surface area contributed by atoms with Gasteiger partial charge in [-0.05, 0) is 56.0 Å². The number of alkyl halides is 3. The van der Waals surface area contributed by atoms with Gasteiger partial charge in [-0.2, -0.15) is 13.2 Å². The number of hydrogen-bond acceptors (Lipinski definition) is 3. The van der Waals surface area contributed by atoms with E-state index in [-0.39, 0.29) is 23.7 Å². The summed E-state index contributed by atoms with van der Waals surface area (Å²) in [6, 6.07) is 7.78. The monoisotopic (exact) mass is 373 g/mol. The molecule has 1 saturated carbocycles. The zero-order valence-electron chi connectivity index (χ0n) is 14.8. The average Bonchev–Trinajstić information content (AvgIpc) is 2.57. The van der Waals surface area contributed by atoms with E-state index in [0.29, 0.717) is 16.9 Å². The molecule has 0 amide bonds. The van der Waals surface area contributed by atoms with Gasteiger partial charge in [0.25, 0.3) is 5.56 Å². The predicted molar refractivity (Wildman–Crippen MR) is 95.7 cm³/mol. The van der Waals surface area contributed by atoms with Crippen molar-refractivity contribution in [3.8, 4) is 0 Å². The molecule has 0 aromatic carbocycles. The Morgan fingerprint density at radius 2 is 2.00 bits per heavy atom. The minimum absolute atomic E-state index is 0.167. The van der Waals surface area contributed by atoms with E-state index in [1.165, 1.54) is 16.8 Å². The normalized spacial score (nSPS) is 15.1. The number of halogens is 3. The van der Waals surface area contributed by atoms with E-state index < -0.39 is 11.7 Å². The lowest BCUT2D eigenvalue weighted by Gasteiger charge is -2.26. The van der Waals surface area contributed by atoms with Crippen LogP contribution in [0.25, 0.3) is 11.0 Å². The topological polar surface area (TPSA) is 47.8 Å². The van der Waals surface area contributed by atoms with Crippen molar-refractivity contribution in [2.45, 2.75) is 44.8 Å². The number of nitrogens with zero attached hydrogens (tertiary/aromatic N) is 3. The molecule has 4 rings (SSSR count). The highest BCUT2D eigenvalue weighted by Crippen LogP contribution is 2.36. The first-order valence-corrected chi connectivity index (χ1v) is 8.87. The minimum atomic E-state index is -4.53. The first kappa shape index (κ1) is 17.7. The lowest BCUT2D eigenvalue weighted by Crippen LogP contribution is -2.29. The third kappa shape index (κ3) is 3.22. The van der Waals surface area contributed by atoms with Crippen LogP contribution in [0.4, 0.5) is 13.2 Å². The van der Waals surface area contributed by atoms with Crippen LogP contribution in [0.2, 0.25) is 0 Å². The van der Waals surface area contributed by atoms with Crippen LogP contribution in [0, 0.1) is 6.92 Å². The molecule has 7 heteroatoms. The lowest BCUT2D eigenvalue weighted by atomic mass is 9.80. The predicted octanol–water partition coefficient (Wildman–Crippen LogP) is 4.43. The maximum absolute atomic E-state index is 13.4. The van der Waals surface area contributed by atoms with E-state index in [1.54, 1.807) is 6.92 Å². The fraction of sp³-hybridized carbons (Fsp3) is 0.350. The zero-order chi connectivity index (χ0) is 19.2. The number of hydrogen-bond donors (Lipinski definition) is 0. The Bertz CT molecular complexity index is 1070. The molecular formula is C20H18F3N3O. The van der Waals surface area contributed by atoms with Crippen LogP contribution in [-0.4, -0.2) is 14.5 Å². The summed E-state index contributed by atoms with van der Waals surface area (Å²) < 4.78 is 41.4. The fourth-order valence-corrected chi connectivity index (χ4v) is 3.49. The summed E-state index contributed by atoms with van der Waals surface area (Å²) in [6.07, 6.45) is -0.300. The first-order valence-electron chi connectivity index (χ1n) is 8.87. The van der Waals surface area contributed by atoms with E-state index >= 15 is 0 Å². The van der Waals surface area contributed by atoms with Gasteiger partial charge in [0.1, 0.15) is 5.65 Å². The SMILES string of the molecule is Cc1ccc2cc(C3CCC3)c(=O)n(Cc3ncccc3C(F)(F)F)c2n1. The molecule has 0 unspecified atom stereocenters. The van der Waals surface area contributed by atoms with Gasteiger partial charge in [0.15, 0.2) is 0 Å². The van der Waals surface area contributed by atoms with Gasteiger partial charge in [-0.3, -0.25) is 14.3 Å². The van der Waals surface area contributed by atoms with Crippen molar-refractivity contribution in [3.63, 3.8) is 0 Å². The molecule has 0 atom stereocenters.